The SMILES string of the molecule is O=C(NCCCN1CCCc2ccccc21)C1CCCN(c2cnn(Cc3ccccc3)c(=O)c2)C1. The molecule has 3 aromatic rings. The highest BCUT2D eigenvalue weighted by atomic mass is 16.2. The van der Waals surface area contributed by atoms with E-state index in [0.29, 0.717) is 19.6 Å². The van der Waals surface area contributed by atoms with Crippen LogP contribution in [0, 0.1) is 5.92 Å². The maximum atomic E-state index is 12.9. The Morgan fingerprint density at radius 1 is 1.03 bits per heavy atom. The van der Waals surface area contributed by atoms with Crippen LogP contribution in [0.3, 0.4) is 0 Å². The average Bonchev–Trinajstić information content (AvgIpc) is 2.93. The quantitative estimate of drug-likeness (QED) is 0.495. The van der Waals surface area contributed by atoms with E-state index in [2.05, 4.69) is 44.5 Å². The lowest BCUT2D eigenvalue weighted by Crippen LogP contribution is -2.44. The molecular formula is C29H35N5O2. The van der Waals surface area contributed by atoms with Crippen molar-refractivity contribution in [3.05, 3.63) is 88.3 Å². The van der Waals surface area contributed by atoms with E-state index >= 15 is 0 Å². The number of carbonyl (C=O) groups excluding carboxylic acids is 1. The van der Waals surface area contributed by atoms with Crippen LogP contribution in [0.1, 0.15) is 36.8 Å². The Balaban J connectivity index is 1.11. The van der Waals surface area contributed by atoms with Crippen LogP contribution in [-0.2, 0) is 17.8 Å². The van der Waals surface area contributed by atoms with Crippen molar-refractivity contribution in [1.82, 2.24) is 15.1 Å². The number of hydrogen-bond acceptors (Lipinski definition) is 5. The van der Waals surface area contributed by atoms with Gasteiger partial charge in [-0.25, -0.2) is 4.68 Å². The third-order valence-electron chi connectivity index (χ3n) is 7.30. The Labute approximate surface area is 212 Å². The minimum absolute atomic E-state index is 0.0683. The molecule has 7 heteroatoms. The van der Waals surface area contributed by atoms with Gasteiger partial charge in [0.1, 0.15) is 0 Å². The molecule has 0 saturated carbocycles. The van der Waals surface area contributed by atoms with E-state index in [1.165, 1.54) is 22.4 Å². The first-order chi connectivity index (χ1) is 17.7. The van der Waals surface area contributed by atoms with Crippen LogP contribution in [0.2, 0.25) is 0 Å². The van der Waals surface area contributed by atoms with Crippen LogP contribution >= 0.6 is 0 Å². The zero-order valence-corrected chi connectivity index (χ0v) is 20.8. The summed E-state index contributed by atoms with van der Waals surface area (Å²) in [5.74, 6) is 0.0466. The number of rotatable bonds is 8. The molecule has 5 rings (SSSR count). The van der Waals surface area contributed by atoms with Crippen LogP contribution in [-0.4, -0.2) is 48.4 Å². The number of aromatic nitrogens is 2. The molecule has 3 heterocycles. The zero-order valence-electron chi connectivity index (χ0n) is 20.8. The fourth-order valence-electron chi connectivity index (χ4n) is 5.37. The number of nitrogens with one attached hydrogen (secondary N) is 1. The van der Waals surface area contributed by atoms with Crippen LogP contribution in [0.25, 0.3) is 0 Å². The normalized spacial score (nSPS) is 17.5. The summed E-state index contributed by atoms with van der Waals surface area (Å²) in [5.41, 5.74) is 4.49. The Morgan fingerprint density at radius 3 is 2.72 bits per heavy atom. The molecule has 1 N–H and O–H groups in total. The summed E-state index contributed by atoms with van der Waals surface area (Å²) in [6.45, 7) is 4.63. The largest absolute Gasteiger partial charge is 0.371 e. The molecule has 1 aromatic heterocycles. The topological polar surface area (TPSA) is 70.5 Å². The molecule has 188 valence electrons. The molecule has 7 nitrogen and oxygen atoms in total. The van der Waals surface area contributed by atoms with Gasteiger partial charge in [-0.05, 0) is 49.3 Å². The predicted octanol–water partition coefficient (Wildman–Crippen LogP) is 3.47. The average molecular weight is 486 g/mol. The first-order valence-corrected chi connectivity index (χ1v) is 13.1. The first-order valence-electron chi connectivity index (χ1n) is 13.1. The number of amides is 1. The molecule has 1 saturated heterocycles. The van der Waals surface area contributed by atoms with Crippen molar-refractivity contribution in [2.45, 2.75) is 38.6 Å². The summed E-state index contributed by atoms with van der Waals surface area (Å²) < 4.78 is 1.48. The van der Waals surface area contributed by atoms with Crippen LogP contribution in [0.5, 0.6) is 0 Å². The molecule has 1 unspecified atom stereocenters. The monoisotopic (exact) mass is 485 g/mol. The summed E-state index contributed by atoms with van der Waals surface area (Å²) in [4.78, 5) is 30.2. The van der Waals surface area contributed by atoms with Crippen molar-refractivity contribution in [2.24, 2.45) is 5.92 Å². The van der Waals surface area contributed by atoms with Gasteiger partial charge in [-0.2, -0.15) is 5.10 Å². The van der Waals surface area contributed by atoms with Gasteiger partial charge in [0.15, 0.2) is 0 Å². The first kappa shape index (κ1) is 24.1. The summed E-state index contributed by atoms with van der Waals surface area (Å²) in [7, 11) is 0. The number of fused-ring (bicyclic) bond motifs is 1. The van der Waals surface area contributed by atoms with Crippen molar-refractivity contribution in [2.75, 3.05) is 42.5 Å². The molecular weight excluding hydrogens is 450 g/mol. The van der Waals surface area contributed by atoms with Gasteiger partial charge < -0.3 is 15.1 Å². The molecule has 0 bridgehead atoms. The van der Waals surface area contributed by atoms with E-state index in [-0.39, 0.29) is 17.4 Å². The lowest BCUT2D eigenvalue weighted by molar-refractivity contribution is -0.125. The molecule has 1 amide bonds. The highest BCUT2D eigenvalue weighted by molar-refractivity contribution is 5.79. The number of nitrogens with zero attached hydrogens (tertiary/aromatic N) is 4. The maximum Gasteiger partial charge on any atom is 0.269 e. The fourth-order valence-corrected chi connectivity index (χ4v) is 5.37. The molecule has 1 atom stereocenters. The van der Waals surface area contributed by atoms with E-state index in [1.807, 2.05) is 30.3 Å². The number of aryl methyl sites for hydroxylation is 1. The molecule has 2 aliphatic rings. The van der Waals surface area contributed by atoms with Gasteiger partial charge in [0.05, 0.1) is 24.3 Å². The number of hydrogen-bond donors (Lipinski definition) is 1. The van der Waals surface area contributed by atoms with Crippen LogP contribution in [0.15, 0.2) is 71.7 Å². The van der Waals surface area contributed by atoms with Crippen molar-refractivity contribution >= 4 is 17.3 Å². The second kappa shape index (κ2) is 11.4. The number of para-hydroxylation sites is 1. The zero-order chi connectivity index (χ0) is 24.7. The van der Waals surface area contributed by atoms with Crippen LogP contribution in [0.4, 0.5) is 11.4 Å². The highest BCUT2D eigenvalue weighted by Gasteiger charge is 2.26. The van der Waals surface area contributed by atoms with Gasteiger partial charge in [-0.3, -0.25) is 9.59 Å². The van der Waals surface area contributed by atoms with Crippen molar-refractivity contribution in [3.63, 3.8) is 0 Å². The van der Waals surface area contributed by atoms with E-state index in [9.17, 15) is 9.59 Å². The molecule has 0 radical (unpaired) electrons. The summed E-state index contributed by atoms with van der Waals surface area (Å²) in [6, 6.07) is 20.1. The maximum absolute atomic E-state index is 12.9. The predicted molar refractivity (Wildman–Crippen MR) is 144 cm³/mol. The van der Waals surface area contributed by atoms with E-state index in [4.69, 9.17) is 0 Å². The van der Waals surface area contributed by atoms with Gasteiger partial charge in [-0.15, -0.1) is 0 Å². The van der Waals surface area contributed by atoms with Crippen molar-refractivity contribution in [1.29, 1.82) is 0 Å². The molecule has 0 spiro atoms. The Hall–Kier alpha value is -3.61. The summed E-state index contributed by atoms with van der Waals surface area (Å²) in [5, 5.41) is 7.56. The Kier molecular flexibility index (Phi) is 7.64. The van der Waals surface area contributed by atoms with Gasteiger partial charge in [0, 0.05) is 44.5 Å². The van der Waals surface area contributed by atoms with Gasteiger partial charge in [-0.1, -0.05) is 48.5 Å². The molecule has 36 heavy (non-hydrogen) atoms. The molecule has 2 aliphatic heterocycles. The van der Waals surface area contributed by atoms with Crippen LogP contribution < -0.4 is 20.7 Å². The third-order valence-corrected chi connectivity index (χ3v) is 7.30. The summed E-state index contributed by atoms with van der Waals surface area (Å²) >= 11 is 0. The van der Waals surface area contributed by atoms with E-state index < -0.39 is 0 Å². The third kappa shape index (κ3) is 5.78. The number of carbonyl (C=O) groups is 1. The Bertz CT molecular complexity index is 1230. The molecule has 1 fully saturated rings. The molecule has 0 aliphatic carbocycles. The van der Waals surface area contributed by atoms with Gasteiger partial charge in [0.2, 0.25) is 5.91 Å². The second-order valence-electron chi connectivity index (χ2n) is 9.84. The van der Waals surface area contributed by atoms with Crippen molar-refractivity contribution in [3.8, 4) is 0 Å². The van der Waals surface area contributed by atoms with E-state index in [0.717, 1.165) is 56.6 Å². The lowest BCUT2D eigenvalue weighted by Gasteiger charge is -2.33. The standard InChI is InChI=1S/C29H35N5O2/c35-28-19-26(20-31-34(28)21-23-9-2-1-3-10-23)33-17-7-13-25(22-33)29(36)30-15-8-18-32-16-6-12-24-11-4-5-14-27(24)32/h1-5,9-11,14,19-20,25H,6-8,12-13,15-18,21-22H2,(H,30,36). The van der Waals surface area contributed by atoms with E-state index in [1.54, 1.807) is 12.3 Å². The minimum atomic E-state index is -0.123. The second-order valence-corrected chi connectivity index (χ2v) is 9.84. The lowest BCUT2D eigenvalue weighted by atomic mass is 9.96. The molecule has 2 aromatic carbocycles. The number of piperidine rings is 1. The van der Waals surface area contributed by atoms with Gasteiger partial charge in [0.25, 0.3) is 5.56 Å². The highest BCUT2D eigenvalue weighted by Crippen LogP contribution is 2.26. The summed E-state index contributed by atoms with van der Waals surface area (Å²) in [6.07, 6.45) is 6.82. The minimum Gasteiger partial charge on any atom is -0.371 e. The smallest absolute Gasteiger partial charge is 0.269 e. The van der Waals surface area contributed by atoms with Gasteiger partial charge >= 0.3 is 0 Å². The Morgan fingerprint density at radius 2 is 1.86 bits per heavy atom. The fraction of sp³-hybridized carbons (Fsp3) is 0.414. The number of benzene rings is 2. The number of anilines is 2. The van der Waals surface area contributed by atoms with Crippen molar-refractivity contribution < 1.29 is 4.79 Å².